The van der Waals surface area contributed by atoms with Gasteiger partial charge in [0, 0.05) is 10.8 Å². The summed E-state index contributed by atoms with van der Waals surface area (Å²) in [7, 11) is -3.75. The lowest BCUT2D eigenvalue weighted by molar-refractivity contribution is 0.245. The first-order chi connectivity index (χ1) is 9.68. The summed E-state index contributed by atoms with van der Waals surface area (Å²) in [5, 5.41) is 6.61. The van der Waals surface area contributed by atoms with Gasteiger partial charge in [0.2, 0.25) is 10.0 Å². The summed E-state index contributed by atoms with van der Waals surface area (Å²) in [4.78, 5) is 0.126. The summed E-state index contributed by atoms with van der Waals surface area (Å²) in [6.07, 6.45) is 0.915. The molecule has 2 aromatic carbocycles. The topological polar surface area (TPSA) is 69.4 Å². The number of ether oxygens (including phenoxy) is 1. The Hall–Kier alpha value is -1.59. The molecule has 0 aliphatic rings. The van der Waals surface area contributed by atoms with E-state index in [2.05, 4.69) is 20.8 Å². The minimum absolute atomic E-state index is 0.126. The summed E-state index contributed by atoms with van der Waals surface area (Å²) >= 11 is 0. The Morgan fingerprint density at radius 1 is 1.05 bits per heavy atom. The second-order valence-corrected chi connectivity index (χ2v) is 7.84. The van der Waals surface area contributed by atoms with E-state index in [1.165, 1.54) is 6.07 Å². The zero-order valence-corrected chi connectivity index (χ0v) is 13.4. The third-order valence-corrected chi connectivity index (χ3v) is 4.23. The first-order valence-corrected chi connectivity index (χ1v) is 8.40. The van der Waals surface area contributed by atoms with Crippen LogP contribution in [0.2, 0.25) is 0 Å². The van der Waals surface area contributed by atoms with Gasteiger partial charge in [0.25, 0.3) is 0 Å². The highest BCUT2D eigenvalue weighted by Crippen LogP contribution is 2.31. The molecule has 0 bridgehead atoms. The Bertz CT molecular complexity index is 746. The van der Waals surface area contributed by atoms with Crippen molar-refractivity contribution in [3.8, 4) is 5.75 Å². The normalized spacial score (nSPS) is 12.6. The fourth-order valence-corrected chi connectivity index (χ4v) is 2.83. The van der Waals surface area contributed by atoms with Crippen LogP contribution < -0.4 is 9.88 Å². The van der Waals surface area contributed by atoms with Gasteiger partial charge >= 0.3 is 0 Å². The molecule has 2 aromatic rings. The molecule has 0 fully saturated rings. The fourth-order valence-electron chi connectivity index (χ4n) is 2.08. The molecule has 0 saturated heterocycles. The van der Waals surface area contributed by atoms with Gasteiger partial charge in [-0.2, -0.15) is 0 Å². The zero-order chi connectivity index (χ0) is 15.7. The van der Waals surface area contributed by atoms with Gasteiger partial charge in [-0.05, 0) is 24.0 Å². The summed E-state index contributed by atoms with van der Waals surface area (Å²) in [6.45, 7) is 7.04. The number of rotatable bonds is 4. The van der Waals surface area contributed by atoms with E-state index in [4.69, 9.17) is 9.88 Å². The highest BCUT2D eigenvalue weighted by molar-refractivity contribution is 7.89. The maximum atomic E-state index is 11.6. The van der Waals surface area contributed by atoms with E-state index in [0.717, 1.165) is 11.8 Å². The lowest BCUT2D eigenvalue weighted by Gasteiger charge is -2.19. The number of nitrogens with two attached hydrogens (primary N) is 1. The van der Waals surface area contributed by atoms with Gasteiger partial charge in [-0.25, -0.2) is 13.6 Å². The highest BCUT2D eigenvalue weighted by atomic mass is 32.2. The Morgan fingerprint density at radius 3 is 2.24 bits per heavy atom. The summed E-state index contributed by atoms with van der Waals surface area (Å²) in [5.74, 6) is 0.683. The summed E-state index contributed by atoms with van der Waals surface area (Å²) in [6, 6.07) is 10.4. The van der Waals surface area contributed by atoms with Crippen molar-refractivity contribution in [2.24, 2.45) is 10.6 Å². The van der Waals surface area contributed by atoms with E-state index >= 15 is 0 Å². The molecule has 2 N–H and O–H groups in total. The Labute approximate surface area is 126 Å². The number of hydrogen-bond acceptors (Lipinski definition) is 3. The molecular formula is C16H21NO3S. The Morgan fingerprint density at radius 2 is 1.67 bits per heavy atom. The van der Waals surface area contributed by atoms with Crippen LogP contribution in [0.25, 0.3) is 10.8 Å². The predicted molar refractivity (Wildman–Crippen MR) is 84.9 cm³/mol. The van der Waals surface area contributed by atoms with Gasteiger partial charge in [0.05, 0.1) is 11.5 Å². The van der Waals surface area contributed by atoms with E-state index in [9.17, 15) is 8.42 Å². The van der Waals surface area contributed by atoms with Crippen molar-refractivity contribution in [1.29, 1.82) is 0 Å². The van der Waals surface area contributed by atoms with Gasteiger partial charge in [-0.3, -0.25) is 0 Å². The Balaban J connectivity index is 2.39. The van der Waals surface area contributed by atoms with Gasteiger partial charge in [0.1, 0.15) is 5.75 Å². The first-order valence-electron chi connectivity index (χ1n) is 6.86. The minimum Gasteiger partial charge on any atom is -0.493 e. The van der Waals surface area contributed by atoms with Crippen LogP contribution >= 0.6 is 0 Å². The lowest BCUT2D eigenvalue weighted by Crippen LogP contribution is -2.13. The maximum absolute atomic E-state index is 11.6. The van der Waals surface area contributed by atoms with Crippen molar-refractivity contribution < 1.29 is 13.2 Å². The largest absolute Gasteiger partial charge is 0.493 e. The number of hydrogen-bond donors (Lipinski definition) is 1. The fraction of sp³-hybridized carbons (Fsp3) is 0.375. The molecule has 0 aromatic heterocycles. The van der Waals surface area contributed by atoms with E-state index < -0.39 is 10.0 Å². The number of primary sulfonamides is 1. The van der Waals surface area contributed by atoms with Crippen molar-refractivity contribution in [3.63, 3.8) is 0 Å². The SMILES string of the molecule is CC(C)(C)CCOc1ccc(S(N)(=O)=O)c2ccccc12. The van der Waals surface area contributed by atoms with E-state index in [0.29, 0.717) is 17.7 Å². The highest BCUT2D eigenvalue weighted by Gasteiger charge is 2.15. The molecule has 0 spiro atoms. The molecule has 21 heavy (non-hydrogen) atoms. The van der Waals surface area contributed by atoms with Gasteiger partial charge < -0.3 is 4.74 Å². The van der Waals surface area contributed by atoms with Gasteiger partial charge in [-0.15, -0.1) is 0 Å². The van der Waals surface area contributed by atoms with Gasteiger partial charge in [0.15, 0.2) is 0 Å². The van der Waals surface area contributed by atoms with Crippen LogP contribution in [0.5, 0.6) is 5.75 Å². The molecule has 4 nitrogen and oxygen atoms in total. The van der Waals surface area contributed by atoms with E-state index in [1.807, 2.05) is 12.1 Å². The first kappa shape index (κ1) is 15.8. The van der Waals surface area contributed by atoms with E-state index in [1.54, 1.807) is 18.2 Å². The molecule has 5 heteroatoms. The van der Waals surface area contributed by atoms with Crippen LogP contribution in [0.1, 0.15) is 27.2 Å². The lowest BCUT2D eigenvalue weighted by atomic mass is 9.93. The third kappa shape index (κ3) is 3.95. The molecule has 0 unspecified atom stereocenters. The van der Waals surface area contributed by atoms with Crippen LogP contribution in [0.4, 0.5) is 0 Å². The van der Waals surface area contributed by atoms with Gasteiger partial charge in [-0.1, -0.05) is 45.0 Å². The van der Waals surface area contributed by atoms with Crippen molar-refractivity contribution >= 4 is 20.8 Å². The molecule has 0 amide bonds. The van der Waals surface area contributed by atoms with Crippen LogP contribution in [0.15, 0.2) is 41.3 Å². The summed E-state index contributed by atoms with van der Waals surface area (Å²) in [5.41, 5.74) is 0.191. The monoisotopic (exact) mass is 307 g/mol. The molecule has 0 heterocycles. The predicted octanol–water partition coefficient (Wildman–Crippen LogP) is 3.30. The molecule has 0 atom stereocenters. The van der Waals surface area contributed by atoms with Crippen LogP contribution in [0.3, 0.4) is 0 Å². The van der Waals surface area contributed by atoms with Crippen LogP contribution in [0, 0.1) is 5.41 Å². The zero-order valence-electron chi connectivity index (χ0n) is 12.6. The molecule has 0 aliphatic heterocycles. The molecule has 114 valence electrons. The van der Waals surface area contributed by atoms with Crippen molar-refractivity contribution in [2.75, 3.05) is 6.61 Å². The third-order valence-electron chi connectivity index (χ3n) is 3.26. The number of sulfonamides is 1. The van der Waals surface area contributed by atoms with Crippen molar-refractivity contribution in [3.05, 3.63) is 36.4 Å². The van der Waals surface area contributed by atoms with Crippen molar-refractivity contribution in [1.82, 2.24) is 0 Å². The molecular weight excluding hydrogens is 286 g/mol. The van der Waals surface area contributed by atoms with Crippen molar-refractivity contribution in [2.45, 2.75) is 32.1 Å². The van der Waals surface area contributed by atoms with Crippen LogP contribution in [-0.2, 0) is 10.0 Å². The Kier molecular flexibility index (Phi) is 4.25. The van der Waals surface area contributed by atoms with Crippen LogP contribution in [-0.4, -0.2) is 15.0 Å². The molecule has 2 rings (SSSR count). The quantitative estimate of drug-likeness (QED) is 0.942. The molecule has 0 aliphatic carbocycles. The minimum atomic E-state index is -3.75. The smallest absolute Gasteiger partial charge is 0.238 e. The second kappa shape index (κ2) is 5.66. The standard InChI is InChI=1S/C16H21NO3S/c1-16(2,3)10-11-20-14-8-9-15(21(17,18)19)13-7-5-4-6-12(13)14/h4-9H,10-11H2,1-3H3,(H2,17,18,19). The number of fused-ring (bicyclic) bond motifs is 1. The average molecular weight is 307 g/mol. The molecule has 0 saturated carbocycles. The van der Waals surface area contributed by atoms with E-state index in [-0.39, 0.29) is 10.3 Å². The maximum Gasteiger partial charge on any atom is 0.238 e. The average Bonchev–Trinajstić information content (AvgIpc) is 2.36. The summed E-state index contributed by atoms with van der Waals surface area (Å²) < 4.78 is 29.1. The number of benzene rings is 2. The molecule has 0 radical (unpaired) electrons. The second-order valence-electron chi connectivity index (χ2n) is 6.31.